The van der Waals surface area contributed by atoms with E-state index in [1.54, 1.807) is 24.4 Å². The van der Waals surface area contributed by atoms with E-state index in [2.05, 4.69) is 15.3 Å². The molecule has 3 aromatic rings. The molecule has 0 spiro atoms. The van der Waals surface area contributed by atoms with Gasteiger partial charge in [0.15, 0.2) is 17.2 Å². The Morgan fingerprint density at radius 1 is 1.23 bits per heavy atom. The predicted octanol–water partition coefficient (Wildman–Crippen LogP) is 3.31. The number of nitrogens with one attached hydrogen (secondary N) is 2. The number of aryl methyl sites for hydroxylation is 2. The Balaban J connectivity index is 1.71. The Hall–Kier alpha value is -3.81. The fourth-order valence-electron chi connectivity index (χ4n) is 3.00. The lowest BCUT2D eigenvalue weighted by Gasteiger charge is -2.11. The van der Waals surface area contributed by atoms with E-state index in [1.165, 1.54) is 19.4 Å². The smallest absolute Gasteiger partial charge is 0.412 e. The number of rotatable bonds is 6. The molecule has 0 saturated carbocycles. The summed E-state index contributed by atoms with van der Waals surface area (Å²) in [5, 5.41) is 12.3. The van der Waals surface area contributed by atoms with Crippen LogP contribution in [-0.4, -0.2) is 28.3 Å². The third-order valence-electron chi connectivity index (χ3n) is 4.61. The van der Waals surface area contributed by atoms with Crippen molar-refractivity contribution in [2.45, 2.75) is 26.8 Å². The summed E-state index contributed by atoms with van der Waals surface area (Å²) >= 11 is 0. The minimum Gasteiger partial charge on any atom is -0.504 e. The van der Waals surface area contributed by atoms with Gasteiger partial charge in [0, 0.05) is 35.1 Å². The van der Waals surface area contributed by atoms with Crippen LogP contribution in [0.2, 0.25) is 0 Å². The number of carbonyl (C=O) groups excluding carboxylic acids is 1. The van der Waals surface area contributed by atoms with Crippen LogP contribution in [0.5, 0.6) is 17.2 Å². The number of hydrogen-bond donors (Lipinski definition) is 3. The topological polar surface area (TPSA) is 114 Å². The maximum absolute atomic E-state index is 12.2. The fraction of sp³-hybridized carbons (Fsp3) is 0.227. The van der Waals surface area contributed by atoms with Crippen molar-refractivity contribution in [2.75, 3.05) is 7.11 Å². The monoisotopic (exact) mass is 409 g/mol. The van der Waals surface area contributed by atoms with Crippen LogP contribution in [0.4, 0.5) is 4.79 Å². The minimum atomic E-state index is -0.645. The van der Waals surface area contributed by atoms with Gasteiger partial charge in [0.1, 0.15) is 0 Å². The Bertz CT molecular complexity index is 1120. The summed E-state index contributed by atoms with van der Waals surface area (Å²) in [6.45, 7) is 3.92. The molecule has 2 aromatic heterocycles. The number of aromatic nitrogens is 2. The van der Waals surface area contributed by atoms with Crippen LogP contribution in [-0.2, 0) is 13.0 Å². The minimum absolute atomic E-state index is 0.0236. The number of aromatic amines is 1. The normalized spacial score (nSPS) is 10.5. The molecular weight excluding hydrogens is 386 g/mol. The molecule has 0 unspecified atom stereocenters. The molecule has 0 bridgehead atoms. The molecule has 0 aliphatic heterocycles. The maximum atomic E-state index is 12.2. The van der Waals surface area contributed by atoms with Gasteiger partial charge in [-0.3, -0.25) is 9.78 Å². The van der Waals surface area contributed by atoms with E-state index < -0.39 is 6.09 Å². The summed E-state index contributed by atoms with van der Waals surface area (Å²) in [6, 6.07) is 8.31. The predicted molar refractivity (Wildman–Crippen MR) is 112 cm³/mol. The maximum Gasteiger partial charge on any atom is 0.412 e. The van der Waals surface area contributed by atoms with Crippen molar-refractivity contribution in [1.29, 1.82) is 0 Å². The summed E-state index contributed by atoms with van der Waals surface area (Å²) in [4.78, 5) is 31.1. The molecule has 2 heterocycles. The average Bonchev–Trinajstić information content (AvgIpc) is 2.73. The van der Waals surface area contributed by atoms with Crippen LogP contribution >= 0.6 is 0 Å². The van der Waals surface area contributed by atoms with Crippen molar-refractivity contribution in [1.82, 2.24) is 15.3 Å². The summed E-state index contributed by atoms with van der Waals surface area (Å²) < 4.78 is 10.4. The first-order valence-electron chi connectivity index (χ1n) is 9.41. The first kappa shape index (κ1) is 20.9. The Kier molecular flexibility index (Phi) is 6.36. The molecule has 3 rings (SSSR count). The van der Waals surface area contributed by atoms with Gasteiger partial charge in [-0.1, -0.05) is 13.0 Å². The first-order valence-corrected chi connectivity index (χ1v) is 9.41. The molecule has 0 saturated heterocycles. The molecule has 156 valence electrons. The standard InChI is InChI=1S/C22H23N3O5/c1-4-15-9-18(13(2)25-21(15)27)16-8-17(12-23-11-16)30-22(28)24-10-14-5-6-19(26)20(7-14)29-3/h5-9,11-12,26H,4,10H2,1-3H3,(H,24,28)(H,25,27). The van der Waals surface area contributed by atoms with Crippen molar-refractivity contribution in [3.8, 4) is 28.4 Å². The quantitative estimate of drug-likeness (QED) is 0.576. The van der Waals surface area contributed by atoms with Gasteiger partial charge in [-0.25, -0.2) is 4.79 Å². The van der Waals surface area contributed by atoms with E-state index in [1.807, 2.05) is 19.9 Å². The summed E-state index contributed by atoms with van der Waals surface area (Å²) in [6.07, 6.45) is 3.05. The number of methoxy groups -OCH3 is 1. The third-order valence-corrected chi connectivity index (χ3v) is 4.61. The van der Waals surface area contributed by atoms with Crippen LogP contribution in [0, 0.1) is 6.92 Å². The molecule has 1 aromatic carbocycles. The zero-order chi connectivity index (χ0) is 21.7. The lowest BCUT2D eigenvalue weighted by Crippen LogP contribution is -2.26. The van der Waals surface area contributed by atoms with E-state index in [9.17, 15) is 14.7 Å². The molecule has 0 aliphatic rings. The fourth-order valence-corrected chi connectivity index (χ4v) is 3.00. The van der Waals surface area contributed by atoms with Gasteiger partial charge in [0.25, 0.3) is 5.56 Å². The van der Waals surface area contributed by atoms with Crippen LogP contribution in [0.1, 0.15) is 23.7 Å². The highest BCUT2D eigenvalue weighted by Gasteiger charge is 2.11. The van der Waals surface area contributed by atoms with Crippen molar-refractivity contribution in [2.24, 2.45) is 0 Å². The van der Waals surface area contributed by atoms with Gasteiger partial charge in [0.05, 0.1) is 13.3 Å². The van der Waals surface area contributed by atoms with E-state index in [4.69, 9.17) is 9.47 Å². The molecule has 8 heteroatoms. The molecular formula is C22H23N3O5. The highest BCUT2D eigenvalue weighted by molar-refractivity contribution is 5.72. The molecule has 3 N–H and O–H groups in total. The zero-order valence-electron chi connectivity index (χ0n) is 17.0. The van der Waals surface area contributed by atoms with Crippen LogP contribution in [0.25, 0.3) is 11.1 Å². The number of nitrogens with zero attached hydrogens (tertiary/aromatic N) is 1. The molecule has 0 fully saturated rings. The second-order valence-corrected chi connectivity index (χ2v) is 6.67. The van der Waals surface area contributed by atoms with Gasteiger partial charge in [0.2, 0.25) is 0 Å². The molecule has 0 aliphatic carbocycles. The number of benzene rings is 1. The number of phenolic OH excluding ortho intramolecular Hbond substituents is 1. The van der Waals surface area contributed by atoms with E-state index in [-0.39, 0.29) is 23.6 Å². The third kappa shape index (κ3) is 4.78. The molecule has 30 heavy (non-hydrogen) atoms. The van der Waals surface area contributed by atoms with Gasteiger partial charge >= 0.3 is 6.09 Å². The number of amides is 1. The SMILES string of the molecule is CCc1cc(-c2cncc(OC(=O)NCc3ccc(O)c(OC)c3)c2)c(C)[nH]c1=O. The number of H-pyrrole nitrogens is 1. The van der Waals surface area contributed by atoms with Gasteiger partial charge in [-0.15, -0.1) is 0 Å². The molecule has 0 atom stereocenters. The molecule has 0 radical (unpaired) electrons. The highest BCUT2D eigenvalue weighted by atomic mass is 16.6. The largest absolute Gasteiger partial charge is 0.504 e. The number of aromatic hydroxyl groups is 1. The average molecular weight is 409 g/mol. The van der Waals surface area contributed by atoms with Crippen molar-refractivity contribution in [3.63, 3.8) is 0 Å². The Morgan fingerprint density at radius 2 is 2.03 bits per heavy atom. The number of pyridine rings is 2. The number of hydrogen-bond acceptors (Lipinski definition) is 6. The number of carbonyl (C=O) groups is 1. The van der Waals surface area contributed by atoms with Crippen molar-refractivity contribution in [3.05, 3.63) is 69.9 Å². The summed E-state index contributed by atoms with van der Waals surface area (Å²) in [5.74, 6) is 0.620. The van der Waals surface area contributed by atoms with E-state index >= 15 is 0 Å². The lowest BCUT2D eigenvalue weighted by molar-refractivity contribution is 0.200. The summed E-state index contributed by atoms with van der Waals surface area (Å²) in [7, 11) is 1.45. The summed E-state index contributed by atoms with van der Waals surface area (Å²) in [5.41, 5.74) is 3.56. The lowest BCUT2D eigenvalue weighted by atomic mass is 10.0. The second kappa shape index (κ2) is 9.13. The molecule has 1 amide bonds. The van der Waals surface area contributed by atoms with Gasteiger partial charge in [-0.05, 0) is 43.2 Å². The van der Waals surface area contributed by atoms with Gasteiger partial charge in [-0.2, -0.15) is 0 Å². The first-order chi connectivity index (χ1) is 14.4. The Labute approximate surface area is 173 Å². The van der Waals surface area contributed by atoms with Crippen molar-refractivity contribution >= 4 is 6.09 Å². The van der Waals surface area contributed by atoms with E-state index in [0.717, 1.165) is 16.7 Å². The van der Waals surface area contributed by atoms with Crippen LogP contribution in [0.3, 0.4) is 0 Å². The van der Waals surface area contributed by atoms with Crippen LogP contribution in [0.15, 0.2) is 47.5 Å². The number of phenols is 1. The highest BCUT2D eigenvalue weighted by Crippen LogP contribution is 2.27. The molecule has 8 nitrogen and oxygen atoms in total. The van der Waals surface area contributed by atoms with Crippen LogP contribution < -0.4 is 20.3 Å². The zero-order valence-corrected chi connectivity index (χ0v) is 17.0. The second-order valence-electron chi connectivity index (χ2n) is 6.67. The number of ether oxygens (including phenoxy) is 2. The Morgan fingerprint density at radius 3 is 2.77 bits per heavy atom. The van der Waals surface area contributed by atoms with E-state index in [0.29, 0.717) is 23.4 Å². The van der Waals surface area contributed by atoms with Gasteiger partial charge < -0.3 is 24.9 Å². The van der Waals surface area contributed by atoms with Crippen molar-refractivity contribution < 1.29 is 19.4 Å².